The lowest BCUT2D eigenvalue weighted by molar-refractivity contribution is -0.140. The van der Waals surface area contributed by atoms with Crippen molar-refractivity contribution in [1.29, 1.82) is 0 Å². The molecule has 0 bridgehead atoms. The molecule has 0 saturated carbocycles. The lowest BCUT2D eigenvalue weighted by Gasteiger charge is -2.37. The highest BCUT2D eigenvalue weighted by atomic mass is 35.5. The van der Waals surface area contributed by atoms with Gasteiger partial charge in [0.2, 0.25) is 5.91 Å². The first-order chi connectivity index (χ1) is 11.4. The van der Waals surface area contributed by atoms with Gasteiger partial charge in [0, 0.05) is 37.5 Å². The van der Waals surface area contributed by atoms with E-state index in [1.54, 1.807) is 0 Å². The number of aromatic nitrogens is 2. The van der Waals surface area contributed by atoms with Crippen molar-refractivity contribution >= 4 is 23.3 Å². The van der Waals surface area contributed by atoms with E-state index in [9.17, 15) is 4.79 Å². The van der Waals surface area contributed by atoms with Gasteiger partial charge in [0.05, 0.1) is 17.7 Å². The molecule has 3 heterocycles. The van der Waals surface area contributed by atoms with E-state index in [4.69, 9.17) is 16.6 Å². The van der Waals surface area contributed by atoms with E-state index in [1.165, 1.54) is 19.3 Å². The van der Waals surface area contributed by atoms with Gasteiger partial charge in [-0.1, -0.05) is 0 Å². The first-order valence-corrected chi connectivity index (χ1v) is 9.42. The number of halogens is 1. The molecule has 5 nitrogen and oxygen atoms in total. The molecular weight excluding hydrogens is 324 g/mol. The molecule has 0 aromatic carbocycles. The van der Waals surface area contributed by atoms with Crippen molar-refractivity contribution < 1.29 is 4.79 Å². The van der Waals surface area contributed by atoms with Crippen LogP contribution < -0.4 is 4.90 Å². The Morgan fingerprint density at radius 2 is 1.88 bits per heavy atom. The van der Waals surface area contributed by atoms with Gasteiger partial charge in [-0.25, -0.2) is 9.97 Å². The van der Waals surface area contributed by atoms with Crippen LogP contribution in [0.15, 0.2) is 0 Å². The van der Waals surface area contributed by atoms with Crippen LogP contribution in [0.5, 0.6) is 0 Å². The fourth-order valence-electron chi connectivity index (χ4n) is 3.54. The maximum atomic E-state index is 12.8. The van der Waals surface area contributed by atoms with Crippen LogP contribution in [0.25, 0.3) is 0 Å². The van der Waals surface area contributed by atoms with Crippen LogP contribution in [0, 0.1) is 12.3 Å². The summed E-state index contributed by atoms with van der Waals surface area (Å²) in [6, 6.07) is 0. The van der Waals surface area contributed by atoms with Gasteiger partial charge >= 0.3 is 0 Å². The second-order valence-electron chi connectivity index (χ2n) is 7.56. The maximum Gasteiger partial charge on any atom is 0.229 e. The van der Waals surface area contributed by atoms with Gasteiger partial charge in [-0.2, -0.15) is 0 Å². The molecule has 1 aromatic rings. The van der Waals surface area contributed by atoms with Gasteiger partial charge in [0.25, 0.3) is 0 Å². The Labute approximate surface area is 149 Å². The number of fused-ring (bicyclic) bond motifs is 1. The van der Waals surface area contributed by atoms with Crippen molar-refractivity contribution in [3.05, 3.63) is 17.1 Å². The Morgan fingerprint density at radius 1 is 1.17 bits per heavy atom. The molecule has 2 aliphatic heterocycles. The minimum atomic E-state index is -0.532. The number of hydrogen-bond donors (Lipinski definition) is 0. The molecule has 3 rings (SSSR count). The molecule has 0 N–H and O–H groups in total. The van der Waals surface area contributed by atoms with E-state index >= 15 is 0 Å². The van der Waals surface area contributed by atoms with Crippen LogP contribution in [-0.2, 0) is 17.8 Å². The van der Waals surface area contributed by atoms with Gasteiger partial charge < -0.3 is 9.80 Å². The number of nitrogens with zero attached hydrogens (tertiary/aromatic N) is 4. The smallest absolute Gasteiger partial charge is 0.229 e. The first-order valence-electron chi connectivity index (χ1n) is 8.89. The summed E-state index contributed by atoms with van der Waals surface area (Å²) in [6.07, 6.45) is 4.50. The number of hydrogen-bond acceptors (Lipinski definition) is 4. The van der Waals surface area contributed by atoms with E-state index in [-0.39, 0.29) is 5.91 Å². The zero-order chi connectivity index (χ0) is 17.3. The molecule has 0 atom stereocenters. The molecule has 1 aromatic heterocycles. The molecule has 0 aliphatic carbocycles. The van der Waals surface area contributed by atoms with Gasteiger partial charge in [-0.05, 0) is 40.0 Å². The molecule has 0 radical (unpaired) electrons. The van der Waals surface area contributed by atoms with Crippen LogP contribution in [0.4, 0.5) is 5.82 Å². The molecule has 24 heavy (non-hydrogen) atoms. The Bertz CT molecular complexity index is 626. The predicted octanol–water partition coefficient (Wildman–Crippen LogP) is 2.93. The maximum absolute atomic E-state index is 12.8. The Balaban J connectivity index is 1.90. The molecule has 1 fully saturated rings. The predicted molar refractivity (Wildman–Crippen MR) is 96.5 cm³/mol. The second kappa shape index (κ2) is 6.87. The monoisotopic (exact) mass is 350 g/mol. The van der Waals surface area contributed by atoms with Crippen LogP contribution in [0.2, 0.25) is 0 Å². The average Bonchev–Trinajstić information content (AvgIpc) is 2.60. The number of aryl methyl sites for hydroxylation is 1. The third-order valence-corrected chi connectivity index (χ3v) is 5.67. The molecule has 0 unspecified atom stereocenters. The highest BCUT2D eigenvalue weighted by Crippen LogP contribution is 2.31. The minimum absolute atomic E-state index is 0.119. The van der Waals surface area contributed by atoms with E-state index in [0.717, 1.165) is 42.4 Å². The van der Waals surface area contributed by atoms with Crippen molar-refractivity contribution in [2.75, 3.05) is 30.4 Å². The summed E-state index contributed by atoms with van der Waals surface area (Å²) >= 11 is 6.00. The van der Waals surface area contributed by atoms with Crippen LogP contribution in [0.3, 0.4) is 0 Å². The fraction of sp³-hybridized carbons (Fsp3) is 0.722. The fourth-order valence-corrected chi connectivity index (χ4v) is 3.66. The number of carbonyl (C=O) groups is 1. The zero-order valence-corrected chi connectivity index (χ0v) is 15.7. The van der Waals surface area contributed by atoms with Gasteiger partial charge in [0.1, 0.15) is 11.6 Å². The molecule has 1 amide bonds. The molecule has 2 aliphatic rings. The highest BCUT2D eigenvalue weighted by molar-refractivity contribution is 6.19. The first kappa shape index (κ1) is 17.5. The van der Waals surface area contributed by atoms with Crippen LogP contribution in [0.1, 0.15) is 50.2 Å². The Morgan fingerprint density at radius 3 is 2.54 bits per heavy atom. The third-order valence-electron chi connectivity index (χ3n) is 5.01. The van der Waals surface area contributed by atoms with E-state index < -0.39 is 5.41 Å². The van der Waals surface area contributed by atoms with Crippen molar-refractivity contribution in [2.45, 2.75) is 53.0 Å². The summed E-state index contributed by atoms with van der Waals surface area (Å²) in [6.45, 7) is 9.18. The third kappa shape index (κ3) is 3.37. The molecule has 132 valence electrons. The summed E-state index contributed by atoms with van der Waals surface area (Å²) in [4.78, 5) is 26.5. The summed E-state index contributed by atoms with van der Waals surface area (Å²) in [5, 5.41) is 0. The lowest BCUT2D eigenvalue weighted by atomic mass is 9.92. The number of carbonyl (C=O) groups excluding carboxylic acids is 1. The standard InChI is InChI=1S/C18H27ClN4O/c1-13-20-15-7-10-23(17(24)18(2,3)12-19)11-14(15)16(21-13)22-8-5-4-6-9-22/h4-12H2,1-3H3. The van der Waals surface area contributed by atoms with Crippen molar-refractivity contribution in [2.24, 2.45) is 5.41 Å². The minimum Gasteiger partial charge on any atom is -0.356 e. The quantitative estimate of drug-likeness (QED) is 0.786. The van der Waals surface area contributed by atoms with Crippen molar-refractivity contribution in [3.63, 3.8) is 0 Å². The highest BCUT2D eigenvalue weighted by Gasteiger charge is 2.34. The van der Waals surface area contributed by atoms with Crippen molar-refractivity contribution in [1.82, 2.24) is 14.9 Å². The summed E-state index contributed by atoms with van der Waals surface area (Å²) < 4.78 is 0. The van der Waals surface area contributed by atoms with Crippen LogP contribution >= 0.6 is 11.6 Å². The van der Waals surface area contributed by atoms with Gasteiger partial charge in [0.15, 0.2) is 0 Å². The average molecular weight is 351 g/mol. The van der Waals surface area contributed by atoms with E-state index in [1.807, 2.05) is 25.7 Å². The summed E-state index contributed by atoms with van der Waals surface area (Å²) in [5.41, 5.74) is 1.71. The SMILES string of the molecule is Cc1nc2c(c(N3CCCCC3)n1)CN(C(=O)C(C)(C)CCl)CC2. The Kier molecular flexibility index (Phi) is 5.00. The number of piperidine rings is 1. The van der Waals surface area contributed by atoms with E-state index in [0.29, 0.717) is 19.0 Å². The lowest BCUT2D eigenvalue weighted by Crippen LogP contribution is -2.45. The van der Waals surface area contributed by atoms with Gasteiger partial charge in [-0.3, -0.25) is 4.79 Å². The zero-order valence-electron chi connectivity index (χ0n) is 14.9. The number of rotatable bonds is 3. The number of alkyl halides is 1. The number of amides is 1. The number of anilines is 1. The second-order valence-corrected chi connectivity index (χ2v) is 7.83. The van der Waals surface area contributed by atoms with Crippen LogP contribution in [-0.4, -0.2) is 46.3 Å². The summed E-state index contributed by atoms with van der Waals surface area (Å²) in [7, 11) is 0. The molecule has 1 saturated heterocycles. The molecular formula is C18H27ClN4O. The van der Waals surface area contributed by atoms with Gasteiger partial charge in [-0.15, -0.1) is 11.6 Å². The normalized spacial score (nSPS) is 18.5. The molecule has 0 spiro atoms. The molecule has 6 heteroatoms. The topological polar surface area (TPSA) is 49.3 Å². The Hall–Kier alpha value is -1.36. The van der Waals surface area contributed by atoms with Crippen molar-refractivity contribution in [3.8, 4) is 0 Å². The van der Waals surface area contributed by atoms with E-state index in [2.05, 4.69) is 9.88 Å². The largest absolute Gasteiger partial charge is 0.356 e. The summed E-state index contributed by atoms with van der Waals surface area (Å²) in [5.74, 6) is 2.32.